The van der Waals surface area contributed by atoms with Crippen molar-refractivity contribution in [3.05, 3.63) is 113 Å². The summed E-state index contributed by atoms with van der Waals surface area (Å²) in [7, 11) is 2.59. The number of esters is 2. The highest BCUT2D eigenvalue weighted by Gasteiger charge is 2.58. The van der Waals surface area contributed by atoms with Crippen LogP contribution in [0.4, 0.5) is 16.4 Å². The number of hydrogen-bond donors (Lipinski definition) is 0. The number of non-ortho nitro benzene ring substituents is 2. The number of aryl methyl sites for hydroxylation is 1. The van der Waals surface area contributed by atoms with Gasteiger partial charge in [-0.15, -0.1) is 22.7 Å². The summed E-state index contributed by atoms with van der Waals surface area (Å²) in [5, 5.41) is 27.5. The Morgan fingerprint density at radius 3 is 2.19 bits per heavy atom. The molecule has 0 amide bonds. The number of rotatable bonds is 11. The fourth-order valence-corrected chi connectivity index (χ4v) is 10.3. The number of hydrogen-bond acceptors (Lipinski definition) is 12. The summed E-state index contributed by atoms with van der Waals surface area (Å²) in [6.45, 7) is 11.7. The number of carbonyl (C=O) groups excluding carboxylic acids is 2. The van der Waals surface area contributed by atoms with Crippen LogP contribution in [-0.2, 0) is 32.5 Å². The standard InChI is InChI=1S/C40H40N4O8S2/c1-20(2)15-26-19-53-36-32(26)34(25-12-10-14-28(18-25)44(49)50)40(23(6)42-36,39(46)52-8)35-29(16-21(3)4)33-31(24-11-9-13-27(17-24)43(47)48)30(38(45)51-7)22(5)41-37(33)54-35/h9-14,17-21,34H,15-16H2,1-8H3. The Bertz CT molecular complexity index is 2380. The van der Waals surface area contributed by atoms with Gasteiger partial charge in [-0.05, 0) is 66.2 Å². The van der Waals surface area contributed by atoms with Crippen LogP contribution in [0.5, 0.6) is 0 Å². The maximum absolute atomic E-state index is 15.0. The van der Waals surface area contributed by atoms with Crippen LogP contribution in [-0.4, -0.2) is 46.7 Å². The molecule has 1 aliphatic heterocycles. The number of fused-ring (bicyclic) bond motifs is 2. The lowest BCUT2D eigenvalue weighted by atomic mass is 9.62. The molecule has 0 aliphatic carbocycles. The second kappa shape index (κ2) is 14.8. The number of benzene rings is 2. The Labute approximate surface area is 320 Å². The van der Waals surface area contributed by atoms with Gasteiger partial charge in [-0.2, -0.15) is 0 Å². The van der Waals surface area contributed by atoms with E-state index in [-0.39, 0.29) is 28.8 Å². The van der Waals surface area contributed by atoms with Gasteiger partial charge < -0.3 is 9.47 Å². The minimum absolute atomic E-state index is 0.0161. The van der Waals surface area contributed by atoms with E-state index in [2.05, 4.69) is 13.8 Å². The SMILES string of the molecule is COC(=O)c1c(C)nc2sc(C3(C(=O)OC)C(C)=Nc4scc(CC(C)C)c4C3c3cccc([N+](=O)[O-])c3)c(CC(C)C)c2c1-c1cccc([N+](=O)[O-])c1. The van der Waals surface area contributed by atoms with Crippen molar-refractivity contribution < 1.29 is 28.9 Å². The summed E-state index contributed by atoms with van der Waals surface area (Å²) >= 11 is 2.74. The van der Waals surface area contributed by atoms with E-state index < -0.39 is 33.1 Å². The van der Waals surface area contributed by atoms with Crippen molar-refractivity contribution in [2.45, 2.75) is 65.7 Å². The second-order valence-corrected chi connectivity index (χ2v) is 16.2. The second-order valence-electron chi connectivity index (χ2n) is 14.3. The molecule has 0 saturated heterocycles. The molecule has 2 unspecified atom stereocenters. The van der Waals surface area contributed by atoms with Crippen LogP contribution in [0.1, 0.15) is 83.7 Å². The minimum atomic E-state index is -1.64. The number of carbonyl (C=O) groups is 2. The van der Waals surface area contributed by atoms with Gasteiger partial charge in [-0.25, -0.2) is 14.8 Å². The van der Waals surface area contributed by atoms with Gasteiger partial charge in [0.1, 0.15) is 9.83 Å². The lowest BCUT2D eigenvalue weighted by Crippen LogP contribution is -2.50. The van der Waals surface area contributed by atoms with E-state index in [4.69, 9.17) is 19.5 Å². The molecule has 12 nitrogen and oxygen atoms in total. The highest BCUT2D eigenvalue weighted by Crippen LogP contribution is 2.59. The van der Waals surface area contributed by atoms with E-state index in [0.29, 0.717) is 66.6 Å². The Kier molecular flexibility index (Phi) is 10.5. The Hall–Kier alpha value is -5.34. The molecule has 1 aliphatic rings. The largest absolute Gasteiger partial charge is 0.468 e. The van der Waals surface area contributed by atoms with Crippen molar-refractivity contribution in [3.8, 4) is 11.1 Å². The molecule has 2 aromatic carbocycles. The predicted octanol–water partition coefficient (Wildman–Crippen LogP) is 9.68. The summed E-state index contributed by atoms with van der Waals surface area (Å²) in [6.07, 6.45) is 1.08. The zero-order valence-corrected chi connectivity index (χ0v) is 32.8. The zero-order valence-electron chi connectivity index (χ0n) is 31.2. The smallest absolute Gasteiger partial charge is 0.340 e. The fraction of sp³-hybridized carbons (Fsp3) is 0.350. The van der Waals surface area contributed by atoms with Gasteiger partial charge in [0, 0.05) is 57.3 Å². The van der Waals surface area contributed by atoms with Crippen molar-refractivity contribution in [2.75, 3.05) is 14.2 Å². The van der Waals surface area contributed by atoms with Gasteiger partial charge in [0.05, 0.1) is 35.3 Å². The minimum Gasteiger partial charge on any atom is -0.468 e. The monoisotopic (exact) mass is 768 g/mol. The molecule has 0 fully saturated rings. The van der Waals surface area contributed by atoms with Crippen LogP contribution in [0.15, 0.2) is 58.9 Å². The highest BCUT2D eigenvalue weighted by atomic mass is 32.1. The summed E-state index contributed by atoms with van der Waals surface area (Å²) < 4.78 is 11.0. The van der Waals surface area contributed by atoms with E-state index in [1.165, 1.54) is 61.2 Å². The van der Waals surface area contributed by atoms with Crippen molar-refractivity contribution in [3.63, 3.8) is 0 Å². The van der Waals surface area contributed by atoms with Crippen molar-refractivity contribution in [2.24, 2.45) is 16.8 Å². The number of nitro groups is 2. The molecule has 14 heteroatoms. The van der Waals surface area contributed by atoms with E-state index in [1.807, 2.05) is 19.2 Å². The molecule has 4 heterocycles. The van der Waals surface area contributed by atoms with Crippen LogP contribution in [0.25, 0.3) is 21.3 Å². The lowest BCUT2D eigenvalue weighted by molar-refractivity contribution is -0.385. The van der Waals surface area contributed by atoms with Gasteiger partial charge in [0.25, 0.3) is 11.4 Å². The first-order valence-corrected chi connectivity index (χ1v) is 19.1. The number of thiophene rings is 2. The average molecular weight is 769 g/mol. The molecular formula is C40H40N4O8S2. The zero-order chi connectivity index (χ0) is 39.2. The molecule has 0 saturated carbocycles. The molecule has 2 atom stereocenters. The normalized spacial score (nSPS) is 16.7. The maximum atomic E-state index is 15.0. The molecule has 0 radical (unpaired) electrons. The quantitative estimate of drug-likeness (QED) is 0.0723. The third kappa shape index (κ3) is 6.36. The van der Waals surface area contributed by atoms with Crippen LogP contribution in [0.2, 0.25) is 0 Å². The van der Waals surface area contributed by atoms with Crippen molar-refractivity contribution in [1.29, 1.82) is 0 Å². The third-order valence-electron chi connectivity index (χ3n) is 9.83. The number of methoxy groups -OCH3 is 2. The van der Waals surface area contributed by atoms with Crippen molar-refractivity contribution >= 4 is 66.9 Å². The van der Waals surface area contributed by atoms with E-state index in [9.17, 15) is 25.0 Å². The first-order chi connectivity index (χ1) is 25.6. The number of pyridine rings is 1. The Morgan fingerprint density at radius 2 is 1.57 bits per heavy atom. The fourth-order valence-electron chi connectivity index (χ4n) is 7.74. The van der Waals surface area contributed by atoms with Crippen LogP contribution in [0, 0.1) is 39.0 Å². The number of nitro benzene ring substituents is 2. The van der Waals surface area contributed by atoms with Crippen LogP contribution < -0.4 is 0 Å². The number of ether oxygens (including phenoxy) is 2. The summed E-state index contributed by atoms with van der Waals surface area (Å²) in [5.41, 5.74) is 2.84. The van der Waals surface area contributed by atoms with Gasteiger partial charge in [0.15, 0.2) is 5.41 Å². The van der Waals surface area contributed by atoms with E-state index in [1.54, 1.807) is 38.1 Å². The topological polar surface area (TPSA) is 164 Å². The molecule has 0 spiro atoms. The summed E-state index contributed by atoms with van der Waals surface area (Å²) in [5.74, 6) is -1.82. The number of aromatic nitrogens is 1. The van der Waals surface area contributed by atoms with Gasteiger partial charge in [-0.3, -0.25) is 25.0 Å². The molecule has 0 N–H and O–H groups in total. The molecule has 6 rings (SSSR count). The molecule has 0 bridgehead atoms. The molecule has 3 aromatic heterocycles. The van der Waals surface area contributed by atoms with Crippen molar-refractivity contribution in [1.82, 2.24) is 4.98 Å². The van der Waals surface area contributed by atoms with Crippen LogP contribution >= 0.6 is 22.7 Å². The predicted molar refractivity (Wildman–Crippen MR) is 211 cm³/mol. The van der Waals surface area contributed by atoms with Gasteiger partial charge in [-0.1, -0.05) is 52.0 Å². The van der Waals surface area contributed by atoms with E-state index in [0.717, 1.165) is 11.1 Å². The molecular weight excluding hydrogens is 729 g/mol. The highest BCUT2D eigenvalue weighted by molar-refractivity contribution is 7.19. The van der Waals surface area contributed by atoms with Crippen LogP contribution in [0.3, 0.4) is 0 Å². The maximum Gasteiger partial charge on any atom is 0.340 e. The van der Waals surface area contributed by atoms with E-state index >= 15 is 4.79 Å². The Morgan fingerprint density at radius 1 is 0.926 bits per heavy atom. The van der Waals surface area contributed by atoms with Gasteiger partial charge >= 0.3 is 11.9 Å². The summed E-state index contributed by atoms with van der Waals surface area (Å²) in [6, 6.07) is 12.4. The average Bonchev–Trinajstić information content (AvgIpc) is 3.68. The first kappa shape index (κ1) is 38.4. The third-order valence-corrected chi connectivity index (χ3v) is 12.0. The molecule has 280 valence electrons. The first-order valence-electron chi connectivity index (χ1n) is 17.4. The molecule has 5 aromatic rings. The summed E-state index contributed by atoms with van der Waals surface area (Å²) in [4.78, 5) is 63.1. The lowest BCUT2D eigenvalue weighted by Gasteiger charge is -2.42. The number of aliphatic imine (C=N–C) groups is 1. The van der Waals surface area contributed by atoms with Gasteiger partial charge in [0.2, 0.25) is 0 Å². The molecule has 54 heavy (non-hydrogen) atoms. The Balaban J connectivity index is 1.85. The number of nitrogens with zero attached hydrogens (tertiary/aromatic N) is 4.